The fourth-order valence-electron chi connectivity index (χ4n) is 1.54. The fourth-order valence-corrected chi connectivity index (χ4v) is 2.06. The molecule has 0 saturated heterocycles. The molecule has 19 heavy (non-hydrogen) atoms. The standard InChI is InChI=1S/C13H15Cl4NO/c1-8-4-3-5-11(14)10(8)7-18-12(19)6-9(2)13(15,16)17/h3-5,9H,6-7H2,1-2H3,(H,18,19). The van der Waals surface area contributed by atoms with E-state index in [1.165, 1.54) is 0 Å². The first-order chi connectivity index (χ1) is 8.71. The van der Waals surface area contributed by atoms with Gasteiger partial charge in [-0.1, -0.05) is 65.5 Å². The smallest absolute Gasteiger partial charge is 0.220 e. The molecule has 0 saturated carbocycles. The summed E-state index contributed by atoms with van der Waals surface area (Å²) in [6, 6.07) is 5.60. The van der Waals surface area contributed by atoms with Crippen molar-refractivity contribution in [1.29, 1.82) is 0 Å². The Morgan fingerprint density at radius 1 is 1.37 bits per heavy atom. The Labute approximate surface area is 133 Å². The number of halogens is 4. The molecule has 0 aromatic heterocycles. The molecule has 0 fully saturated rings. The van der Waals surface area contributed by atoms with Gasteiger partial charge in [-0.2, -0.15) is 0 Å². The third-order valence-corrected chi connectivity index (χ3v) is 4.34. The zero-order chi connectivity index (χ0) is 14.6. The molecule has 1 N–H and O–H groups in total. The second-order valence-corrected chi connectivity index (χ2v) is 7.23. The highest BCUT2D eigenvalue weighted by molar-refractivity contribution is 6.67. The number of carbonyl (C=O) groups is 1. The maximum absolute atomic E-state index is 11.8. The quantitative estimate of drug-likeness (QED) is 0.792. The second kappa shape index (κ2) is 7.03. The Morgan fingerprint density at radius 3 is 2.53 bits per heavy atom. The average Bonchev–Trinajstić information content (AvgIpc) is 2.27. The van der Waals surface area contributed by atoms with Gasteiger partial charge in [-0.25, -0.2) is 0 Å². The topological polar surface area (TPSA) is 29.1 Å². The SMILES string of the molecule is Cc1cccc(Cl)c1CNC(=O)CC(C)C(Cl)(Cl)Cl. The molecule has 0 bridgehead atoms. The van der Waals surface area contributed by atoms with Crippen molar-refractivity contribution in [3.05, 3.63) is 34.3 Å². The van der Waals surface area contributed by atoms with Gasteiger partial charge in [-0.05, 0) is 24.1 Å². The summed E-state index contributed by atoms with van der Waals surface area (Å²) in [5.41, 5.74) is 1.93. The number of hydrogen-bond donors (Lipinski definition) is 1. The van der Waals surface area contributed by atoms with Gasteiger partial charge in [-0.3, -0.25) is 4.79 Å². The van der Waals surface area contributed by atoms with E-state index >= 15 is 0 Å². The number of alkyl halides is 3. The summed E-state index contributed by atoms with van der Waals surface area (Å²) >= 11 is 23.3. The lowest BCUT2D eigenvalue weighted by atomic mass is 10.1. The Kier molecular flexibility index (Phi) is 6.25. The van der Waals surface area contributed by atoms with Crippen LogP contribution in [0.25, 0.3) is 0 Å². The van der Waals surface area contributed by atoms with Gasteiger partial charge in [0.05, 0.1) is 0 Å². The van der Waals surface area contributed by atoms with E-state index < -0.39 is 3.79 Å². The number of carbonyl (C=O) groups excluding carboxylic acids is 1. The normalized spacial score (nSPS) is 13.2. The van der Waals surface area contributed by atoms with Crippen LogP contribution >= 0.6 is 46.4 Å². The van der Waals surface area contributed by atoms with Crippen LogP contribution in [0.3, 0.4) is 0 Å². The number of hydrogen-bond acceptors (Lipinski definition) is 1. The van der Waals surface area contributed by atoms with Gasteiger partial charge < -0.3 is 5.32 Å². The highest BCUT2D eigenvalue weighted by Crippen LogP contribution is 2.36. The molecule has 1 amide bonds. The molecule has 2 nitrogen and oxygen atoms in total. The van der Waals surface area contributed by atoms with Gasteiger partial charge in [-0.15, -0.1) is 0 Å². The minimum Gasteiger partial charge on any atom is -0.352 e. The van der Waals surface area contributed by atoms with Crippen molar-refractivity contribution in [2.24, 2.45) is 5.92 Å². The maximum Gasteiger partial charge on any atom is 0.220 e. The highest BCUT2D eigenvalue weighted by atomic mass is 35.6. The molecule has 6 heteroatoms. The van der Waals surface area contributed by atoms with E-state index in [1.54, 1.807) is 13.0 Å². The van der Waals surface area contributed by atoms with E-state index in [-0.39, 0.29) is 18.2 Å². The Balaban J connectivity index is 2.56. The third-order valence-electron chi connectivity index (χ3n) is 2.87. The van der Waals surface area contributed by atoms with E-state index in [4.69, 9.17) is 46.4 Å². The van der Waals surface area contributed by atoms with Crippen molar-refractivity contribution in [1.82, 2.24) is 5.32 Å². The minimum absolute atomic E-state index is 0.153. The number of benzene rings is 1. The molecule has 1 aromatic rings. The largest absolute Gasteiger partial charge is 0.352 e. The maximum atomic E-state index is 11.8. The highest BCUT2D eigenvalue weighted by Gasteiger charge is 2.30. The average molecular weight is 343 g/mol. The van der Waals surface area contributed by atoms with E-state index in [0.717, 1.165) is 11.1 Å². The number of amides is 1. The first kappa shape index (κ1) is 16.9. The number of rotatable bonds is 4. The van der Waals surface area contributed by atoms with Gasteiger partial charge in [0.2, 0.25) is 5.91 Å². The van der Waals surface area contributed by atoms with Crippen molar-refractivity contribution in [3.63, 3.8) is 0 Å². The number of nitrogens with one attached hydrogen (secondary N) is 1. The summed E-state index contributed by atoms with van der Waals surface area (Å²) in [4.78, 5) is 11.8. The molecule has 1 unspecified atom stereocenters. The molecule has 0 heterocycles. The molecule has 0 spiro atoms. The Bertz CT molecular complexity index is 436. The molecule has 0 aliphatic carbocycles. The molecular formula is C13H15Cl4NO. The summed E-state index contributed by atoms with van der Waals surface area (Å²) in [7, 11) is 0. The van der Waals surface area contributed by atoms with Gasteiger partial charge in [0.25, 0.3) is 0 Å². The monoisotopic (exact) mass is 341 g/mol. The van der Waals surface area contributed by atoms with Gasteiger partial charge in [0.15, 0.2) is 3.79 Å². The van der Waals surface area contributed by atoms with E-state index in [9.17, 15) is 4.79 Å². The van der Waals surface area contributed by atoms with Crippen LogP contribution < -0.4 is 5.32 Å². The third kappa shape index (κ3) is 5.39. The second-order valence-electron chi connectivity index (χ2n) is 4.46. The Morgan fingerprint density at radius 2 is 2.00 bits per heavy atom. The number of aryl methyl sites for hydroxylation is 1. The summed E-state index contributed by atoms with van der Waals surface area (Å²) < 4.78 is -1.43. The van der Waals surface area contributed by atoms with Gasteiger partial charge in [0, 0.05) is 23.9 Å². The van der Waals surface area contributed by atoms with Crippen molar-refractivity contribution in [2.75, 3.05) is 0 Å². The predicted molar refractivity (Wildman–Crippen MR) is 82.1 cm³/mol. The zero-order valence-corrected chi connectivity index (χ0v) is 13.7. The first-order valence-corrected chi connectivity index (χ1v) is 7.30. The van der Waals surface area contributed by atoms with Crippen LogP contribution in [-0.4, -0.2) is 9.70 Å². The lowest BCUT2D eigenvalue weighted by Gasteiger charge is -2.19. The van der Waals surface area contributed by atoms with Crippen molar-refractivity contribution in [3.8, 4) is 0 Å². The molecule has 1 aromatic carbocycles. The van der Waals surface area contributed by atoms with Crippen LogP contribution in [0, 0.1) is 12.8 Å². The van der Waals surface area contributed by atoms with Crippen LogP contribution in [0.15, 0.2) is 18.2 Å². The summed E-state index contributed by atoms with van der Waals surface area (Å²) in [5.74, 6) is -0.525. The van der Waals surface area contributed by atoms with E-state index in [2.05, 4.69) is 5.32 Å². The zero-order valence-electron chi connectivity index (χ0n) is 10.6. The molecule has 1 rings (SSSR count). The molecule has 1 atom stereocenters. The van der Waals surface area contributed by atoms with Crippen molar-refractivity contribution in [2.45, 2.75) is 30.6 Å². The van der Waals surface area contributed by atoms with E-state index in [1.807, 2.05) is 19.1 Å². The minimum atomic E-state index is -1.43. The van der Waals surface area contributed by atoms with Crippen molar-refractivity contribution < 1.29 is 4.79 Å². The lowest BCUT2D eigenvalue weighted by molar-refractivity contribution is -0.122. The van der Waals surface area contributed by atoms with Crippen LogP contribution in [0.2, 0.25) is 5.02 Å². The molecular weight excluding hydrogens is 328 g/mol. The fraction of sp³-hybridized carbons (Fsp3) is 0.462. The van der Waals surface area contributed by atoms with Crippen LogP contribution in [-0.2, 0) is 11.3 Å². The molecule has 0 aliphatic rings. The lowest BCUT2D eigenvalue weighted by Crippen LogP contribution is -2.28. The molecule has 0 radical (unpaired) electrons. The summed E-state index contributed by atoms with van der Waals surface area (Å²) in [6.07, 6.45) is 0.153. The van der Waals surface area contributed by atoms with Crippen LogP contribution in [0.5, 0.6) is 0 Å². The molecule has 0 aliphatic heterocycles. The first-order valence-electron chi connectivity index (χ1n) is 5.79. The van der Waals surface area contributed by atoms with Crippen LogP contribution in [0.1, 0.15) is 24.5 Å². The predicted octanol–water partition coefficient (Wildman–Crippen LogP) is 4.66. The van der Waals surface area contributed by atoms with Crippen molar-refractivity contribution >= 4 is 52.3 Å². The summed E-state index contributed by atoms with van der Waals surface area (Å²) in [6.45, 7) is 4.03. The van der Waals surface area contributed by atoms with Crippen LogP contribution in [0.4, 0.5) is 0 Å². The molecule has 106 valence electrons. The Hall–Kier alpha value is -0.150. The summed E-state index contributed by atoms with van der Waals surface area (Å²) in [5, 5.41) is 3.42. The van der Waals surface area contributed by atoms with Gasteiger partial charge in [0.1, 0.15) is 0 Å². The van der Waals surface area contributed by atoms with E-state index in [0.29, 0.717) is 11.6 Å². The van der Waals surface area contributed by atoms with Gasteiger partial charge >= 0.3 is 0 Å².